The third-order valence-corrected chi connectivity index (χ3v) is 9.92. The van der Waals surface area contributed by atoms with E-state index in [2.05, 4.69) is 35.0 Å². The first-order valence-electron chi connectivity index (χ1n) is 9.99. The van der Waals surface area contributed by atoms with Gasteiger partial charge in [-0.1, -0.05) is 24.3 Å². The molecular formula is C21H25BrN2O3S2. The van der Waals surface area contributed by atoms with E-state index in [4.69, 9.17) is 0 Å². The third kappa shape index (κ3) is 4.17. The summed E-state index contributed by atoms with van der Waals surface area (Å²) < 4.78 is 28.6. The van der Waals surface area contributed by atoms with Crippen LogP contribution in [0, 0.1) is 12.8 Å². The lowest BCUT2D eigenvalue weighted by atomic mass is 9.95. The zero-order chi connectivity index (χ0) is 20.6. The van der Waals surface area contributed by atoms with Gasteiger partial charge in [0.15, 0.2) is 0 Å². The number of likely N-dealkylation sites (tertiary alicyclic amines) is 1. The molecule has 2 unspecified atom stereocenters. The van der Waals surface area contributed by atoms with E-state index in [0.29, 0.717) is 17.2 Å². The lowest BCUT2D eigenvalue weighted by molar-refractivity contribution is -0.137. The van der Waals surface area contributed by atoms with E-state index < -0.39 is 10.0 Å². The second kappa shape index (κ2) is 8.49. The molecule has 2 aliphatic rings. The number of hydrogen-bond donors (Lipinski definition) is 0. The minimum atomic E-state index is -3.55. The lowest BCUT2D eigenvalue weighted by Gasteiger charge is -2.35. The number of aryl methyl sites for hydroxylation is 1. The van der Waals surface area contributed by atoms with Gasteiger partial charge >= 0.3 is 0 Å². The maximum absolute atomic E-state index is 13.4. The Balaban J connectivity index is 1.52. The molecule has 2 aromatic rings. The van der Waals surface area contributed by atoms with Crippen molar-refractivity contribution in [3.8, 4) is 0 Å². The van der Waals surface area contributed by atoms with Gasteiger partial charge in [-0.05, 0) is 71.8 Å². The van der Waals surface area contributed by atoms with Gasteiger partial charge < -0.3 is 4.90 Å². The second-order valence-corrected chi connectivity index (χ2v) is 12.4. The molecule has 5 nitrogen and oxygen atoms in total. The predicted molar refractivity (Wildman–Crippen MR) is 118 cm³/mol. The molecule has 2 aliphatic heterocycles. The normalized spacial score (nSPS) is 23.4. The fourth-order valence-electron chi connectivity index (χ4n) is 4.47. The Hall–Kier alpha value is -1.22. The quantitative estimate of drug-likeness (QED) is 0.621. The maximum Gasteiger partial charge on any atom is 0.252 e. The van der Waals surface area contributed by atoms with Crippen LogP contribution in [0.15, 0.2) is 44.4 Å². The van der Waals surface area contributed by atoms with Gasteiger partial charge in [-0.2, -0.15) is 4.31 Å². The first kappa shape index (κ1) is 21.0. The van der Waals surface area contributed by atoms with Gasteiger partial charge in [0, 0.05) is 19.6 Å². The molecule has 0 N–H and O–H groups in total. The van der Waals surface area contributed by atoms with E-state index >= 15 is 0 Å². The Bertz CT molecular complexity index is 1000. The van der Waals surface area contributed by atoms with Crippen LogP contribution in [0.1, 0.15) is 42.9 Å². The highest BCUT2D eigenvalue weighted by Gasteiger charge is 2.39. The predicted octanol–water partition coefficient (Wildman–Crippen LogP) is 4.58. The molecule has 2 fully saturated rings. The van der Waals surface area contributed by atoms with Crippen LogP contribution in [-0.2, 0) is 14.8 Å². The molecule has 29 heavy (non-hydrogen) atoms. The molecule has 1 aromatic heterocycles. The van der Waals surface area contributed by atoms with Crippen molar-refractivity contribution in [3.63, 3.8) is 0 Å². The zero-order valence-corrected chi connectivity index (χ0v) is 19.6. The van der Waals surface area contributed by atoms with E-state index in [9.17, 15) is 13.2 Å². The number of thiophene rings is 1. The lowest BCUT2D eigenvalue weighted by Crippen LogP contribution is -2.46. The van der Waals surface area contributed by atoms with Crippen LogP contribution in [-0.4, -0.2) is 43.2 Å². The second-order valence-electron chi connectivity index (χ2n) is 7.81. The van der Waals surface area contributed by atoms with E-state index in [1.165, 1.54) is 26.8 Å². The SMILES string of the molecule is Cc1ccccc1C1CCCN1C(=O)C1CCCN(S(=O)(=O)c2ccc(Br)s2)C1. The van der Waals surface area contributed by atoms with Crippen molar-refractivity contribution >= 4 is 43.2 Å². The van der Waals surface area contributed by atoms with Crippen molar-refractivity contribution in [2.75, 3.05) is 19.6 Å². The van der Waals surface area contributed by atoms with Crippen molar-refractivity contribution < 1.29 is 13.2 Å². The number of carbonyl (C=O) groups is 1. The Morgan fingerprint density at radius 2 is 1.86 bits per heavy atom. The van der Waals surface area contributed by atoms with Crippen LogP contribution in [0.3, 0.4) is 0 Å². The number of halogens is 1. The number of rotatable bonds is 4. The van der Waals surface area contributed by atoms with Crippen LogP contribution >= 0.6 is 27.3 Å². The van der Waals surface area contributed by atoms with Crippen molar-refractivity contribution in [2.45, 2.75) is 42.9 Å². The van der Waals surface area contributed by atoms with Crippen LogP contribution in [0.2, 0.25) is 0 Å². The van der Waals surface area contributed by atoms with Crippen LogP contribution in [0.5, 0.6) is 0 Å². The van der Waals surface area contributed by atoms with Gasteiger partial charge in [0.25, 0.3) is 10.0 Å². The van der Waals surface area contributed by atoms with Gasteiger partial charge in [0.05, 0.1) is 15.7 Å². The number of sulfonamides is 1. The topological polar surface area (TPSA) is 57.7 Å². The number of nitrogens with zero attached hydrogens (tertiary/aromatic N) is 2. The summed E-state index contributed by atoms with van der Waals surface area (Å²) in [5.74, 6) is -0.172. The van der Waals surface area contributed by atoms with Crippen molar-refractivity contribution in [3.05, 3.63) is 51.3 Å². The Morgan fingerprint density at radius 1 is 1.10 bits per heavy atom. The molecule has 156 valence electrons. The Kier molecular flexibility index (Phi) is 6.16. The Morgan fingerprint density at radius 3 is 2.59 bits per heavy atom. The van der Waals surface area contributed by atoms with E-state index in [1.807, 2.05) is 17.0 Å². The molecule has 8 heteroatoms. The maximum atomic E-state index is 13.4. The molecule has 0 bridgehead atoms. The van der Waals surface area contributed by atoms with E-state index in [-0.39, 0.29) is 24.4 Å². The molecule has 0 saturated carbocycles. The molecule has 1 aromatic carbocycles. The molecule has 1 amide bonds. The highest BCUT2D eigenvalue weighted by Crippen LogP contribution is 2.37. The smallest absolute Gasteiger partial charge is 0.252 e. The van der Waals surface area contributed by atoms with Crippen LogP contribution in [0.4, 0.5) is 0 Å². The number of carbonyl (C=O) groups excluding carboxylic acids is 1. The molecular weight excluding hydrogens is 472 g/mol. The van der Waals surface area contributed by atoms with Crippen molar-refractivity contribution in [2.24, 2.45) is 5.92 Å². The summed E-state index contributed by atoms with van der Waals surface area (Å²) in [4.78, 5) is 15.4. The van der Waals surface area contributed by atoms with Gasteiger partial charge in [0.2, 0.25) is 5.91 Å². The fraction of sp³-hybridized carbons (Fsp3) is 0.476. The molecule has 2 saturated heterocycles. The minimum Gasteiger partial charge on any atom is -0.335 e. The average Bonchev–Trinajstić information content (AvgIpc) is 3.37. The standard InChI is InChI=1S/C21H25BrN2O3S2/c1-15-6-2-3-8-17(15)18-9-5-13-24(18)21(25)16-7-4-12-23(14-16)29(26,27)20-11-10-19(22)28-20/h2-3,6,8,10-11,16,18H,4-5,7,9,12-14H2,1H3. The fourth-order valence-corrected chi connectivity index (χ4v) is 8.16. The summed E-state index contributed by atoms with van der Waals surface area (Å²) in [6.07, 6.45) is 3.41. The Labute approximate surface area is 184 Å². The van der Waals surface area contributed by atoms with Crippen molar-refractivity contribution in [1.82, 2.24) is 9.21 Å². The first-order valence-corrected chi connectivity index (χ1v) is 13.0. The number of benzene rings is 1. The van der Waals surface area contributed by atoms with Gasteiger partial charge in [-0.25, -0.2) is 8.42 Å². The molecule has 0 radical (unpaired) electrons. The number of hydrogen-bond acceptors (Lipinski definition) is 4. The monoisotopic (exact) mass is 496 g/mol. The summed E-state index contributed by atoms with van der Waals surface area (Å²) in [6.45, 7) is 3.58. The zero-order valence-electron chi connectivity index (χ0n) is 16.4. The highest BCUT2D eigenvalue weighted by atomic mass is 79.9. The number of piperidine rings is 1. The molecule has 4 rings (SSSR count). The average molecular weight is 497 g/mol. The largest absolute Gasteiger partial charge is 0.335 e. The van der Waals surface area contributed by atoms with Gasteiger partial charge in [-0.15, -0.1) is 11.3 Å². The minimum absolute atomic E-state index is 0.100. The van der Waals surface area contributed by atoms with Crippen LogP contribution < -0.4 is 0 Å². The molecule has 0 aliphatic carbocycles. The third-order valence-electron chi connectivity index (χ3n) is 5.96. The highest BCUT2D eigenvalue weighted by molar-refractivity contribution is 9.11. The summed E-state index contributed by atoms with van der Waals surface area (Å²) in [7, 11) is -3.55. The summed E-state index contributed by atoms with van der Waals surface area (Å²) in [5, 5.41) is 0. The van der Waals surface area contributed by atoms with E-state index in [0.717, 1.165) is 29.6 Å². The summed E-state index contributed by atoms with van der Waals surface area (Å²) >= 11 is 4.55. The first-order chi connectivity index (χ1) is 13.9. The number of amides is 1. The molecule has 2 atom stereocenters. The van der Waals surface area contributed by atoms with Gasteiger partial charge in [-0.3, -0.25) is 4.79 Å². The molecule has 3 heterocycles. The van der Waals surface area contributed by atoms with E-state index in [1.54, 1.807) is 12.1 Å². The van der Waals surface area contributed by atoms with Crippen molar-refractivity contribution in [1.29, 1.82) is 0 Å². The summed E-state index contributed by atoms with van der Waals surface area (Å²) in [5.41, 5.74) is 2.41. The summed E-state index contributed by atoms with van der Waals surface area (Å²) in [6, 6.07) is 11.7. The van der Waals surface area contributed by atoms with Crippen LogP contribution in [0.25, 0.3) is 0 Å². The molecule has 0 spiro atoms. The van der Waals surface area contributed by atoms with Gasteiger partial charge in [0.1, 0.15) is 4.21 Å².